The molecular weight excluding hydrogens is 474 g/mol. The summed E-state index contributed by atoms with van der Waals surface area (Å²) >= 11 is 0. The van der Waals surface area contributed by atoms with Gasteiger partial charge in [-0.1, -0.05) is 39.3 Å². The first-order valence-electron chi connectivity index (χ1n) is 14.2. The van der Waals surface area contributed by atoms with Gasteiger partial charge in [-0.25, -0.2) is 4.98 Å². The minimum absolute atomic E-state index is 0.161. The number of nitrogens with one attached hydrogen (secondary N) is 2. The lowest BCUT2D eigenvalue weighted by Crippen LogP contribution is -2.40. The maximum atomic E-state index is 11.3. The molecule has 1 unspecified atom stereocenters. The summed E-state index contributed by atoms with van der Waals surface area (Å²) in [7, 11) is 2.13. The second-order valence-electron chi connectivity index (χ2n) is 9.75. The second-order valence-corrected chi connectivity index (χ2v) is 9.75. The maximum Gasteiger partial charge on any atom is 0.217 e. The third-order valence-corrected chi connectivity index (χ3v) is 6.27. The van der Waals surface area contributed by atoms with Crippen LogP contribution in [0.2, 0.25) is 0 Å². The van der Waals surface area contributed by atoms with Crippen molar-refractivity contribution >= 4 is 18.0 Å². The van der Waals surface area contributed by atoms with E-state index in [1.165, 1.54) is 31.0 Å². The molecule has 1 atom stereocenters. The number of pyridine rings is 1. The van der Waals surface area contributed by atoms with Crippen LogP contribution in [-0.2, 0) is 22.4 Å². The standard InChI is InChI=1S/C26H43N5O2.C3H8.C2H2/c1-5-9-21(2)30(4)18-19-31(17-14-25(20-32)28-22(3)33)16-7-6-11-24-13-12-23-10-8-15-27-26(23)29-24;1-3-2;1-2/h9,12-13,20,25H,5-8,10-11,14-19H2,1-4H3,(H,27,29)(H,28,33);3H2,1-2H3;1-2H/b21-9-;;. The van der Waals surface area contributed by atoms with Crippen molar-refractivity contribution in [1.82, 2.24) is 20.1 Å². The third kappa shape index (κ3) is 15.4. The number of rotatable bonds is 15. The van der Waals surface area contributed by atoms with Crippen molar-refractivity contribution in [3.63, 3.8) is 0 Å². The van der Waals surface area contributed by atoms with Crippen LogP contribution in [0.3, 0.4) is 0 Å². The molecule has 1 aromatic heterocycles. The molecular formula is C31H53N5O2. The first kappa shape index (κ1) is 35.2. The molecule has 0 aromatic carbocycles. The van der Waals surface area contributed by atoms with Crippen LogP contribution in [0.25, 0.3) is 0 Å². The van der Waals surface area contributed by atoms with Crippen LogP contribution >= 0.6 is 0 Å². The lowest BCUT2D eigenvalue weighted by molar-refractivity contribution is -0.122. The van der Waals surface area contributed by atoms with Gasteiger partial charge in [0.1, 0.15) is 12.1 Å². The van der Waals surface area contributed by atoms with Gasteiger partial charge in [0.15, 0.2) is 0 Å². The number of aryl methyl sites for hydroxylation is 2. The second kappa shape index (κ2) is 22.2. The summed E-state index contributed by atoms with van der Waals surface area (Å²) < 4.78 is 0. The minimum Gasteiger partial charge on any atom is -0.377 e. The molecule has 1 amide bonds. The van der Waals surface area contributed by atoms with E-state index in [1.54, 1.807) is 0 Å². The molecule has 0 radical (unpaired) electrons. The van der Waals surface area contributed by atoms with E-state index < -0.39 is 6.04 Å². The number of amides is 1. The molecule has 0 saturated carbocycles. The Labute approximate surface area is 232 Å². The zero-order valence-electron chi connectivity index (χ0n) is 24.9. The summed E-state index contributed by atoms with van der Waals surface area (Å²) in [6, 6.07) is 3.97. The van der Waals surface area contributed by atoms with Gasteiger partial charge in [0.25, 0.3) is 0 Å². The van der Waals surface area contributed by atoms with Crippen molar-refractivity contribution in [2.24, 2.45) is 0 Å². The number of unbranched alkanes of at least 4 members (excludes halogenated alkanes) is 1. The molecule has 2 heterocycles. The highest BCUT2D eigenvalue weighted by Gasteiger charge is 2.14. The van der Waals surface area contributed by atoms with E-state index in [-0.39, 0.29) is 5.91 Å². The Bertz CT molecular complexity index is 837. The molecule has 0 fully saturated rings. The van der Waals surface area contributed by atoms with E-state index in [4.69, 9.17) is 4.98 Å². The van der Waals surface area contributed by atoms with Gasteiger partial charge in [-0.3, -0.25) is 4.79 Å². The topological polar surface area (TPSA) is 77.6 Å². The van der Waals surface area contributed by atoms with Gasteiger partial charge in [-0.15, -0.1) is 12.8 Å². The number of terminal acetylenes is 1. The minimum atomic E-state index is -0.420. The number of allylic oxidation sites excluding steroid dienone is 2. The van der Waals surface area contributed by atoms with E-state index >= 15 is 0 Å². The largest absolute Gasteiger partial charge is 0.377 e. The summed E-state index contributed by atoms with van der Waals surface area (Å²) in [4.78, 5) is 32.2. The fourth-order valence-corrected chi connectivity index (χ4v) is 4.16. The zero-order chi connectivity index (χ0) is 28.8. The molecule has 0 saturated heterocycles. The molecule has 0 aliphatic carbocycles. The SMILES string of the molecule is C#C.CC/C=C(/C)N(C)CCN(CCCCc1ccc2c(n1)NCCC2)CCC(C=O)NC(C)=O.CCC. The molecule has 1 aromatic rings. The number of carbonyl (C=O) groups excluding carboxylic acids is 2. The van der Waals surface area contributed by atoms with E-state index in [1.807, 2.05) is 0 Å². The van der Waals surface area contributed by atoms with Crippen molar-refractivity contribution in [3.05, 3.63) is 35.2 Å². The molecule has 7 heteroatoms. The number of likely N-dealkylation sites (N-methyl/N-ethyl adjacent to an activating group) is 1. The summed E-state index contributed by atoms with van der Waals surface area (Å²) in [6.45, 7) is 14.6. The van der Waals surface area contributed by atoms with Gasteiger partial charge in [0.05, 0.1) is 6.04 Å². The third-order valence-electron chi connectivity index (χ3n) is 6.27. The summed E-state index contributed by atoms with van der Waals surface area (Å²) in [5.41, 5.74) is 3.77. The Morgan fingerprint density at radius 3 is 2.47 bits per heavy atom. The maximum absolute atomic E-state index is 11.3. The number of carbonyl (C=O) groups is 2. The van der Waals surface area contributed by atoms with Crippen LogP contribution in [0.15, 0.2) is 23.9 Å². The molecule has 38 heavy (non-hydrogen) atoms. The summed E-state index contributed by atoms with van der Waals surface area (Å²) in [5.74, 6) is 0.905. The number of aldehydes is 1. The van der Waals surface area contributed by atoms with Crippen LogP contribution in [0.5, 0.6) is 0 Å². The summed E-state index contributed by atoms with van der Waals surface area (Å²) in [6.07, 6.45) is 19.4. The van der Waals surface area contributed by atoms with Crippen LogP contribution < -0.4 is 10.6 Å². The highest BCUT2D eigenvalue weighted by atomic mass is 16.2. The molecule has 2 N–H and O–H groups in total. The number of anilines is 1. The molecule has 0 bridgehead atoms. The Morgan fingerprint density at radius 2 is 1.84 bits per heavy atom. The van der Waals surface area contributed by atoms with Crippen molar-refractivity contribution in [2.75, 3.05) is 45.1 Å². The highest BCUT2D eigenvalue weighted by Crippen LogP contribution is 2.20. The van der Waals surface area contributed by atoms with E-state index in [9.17, 15) is 9.59 Å². The number of aromatic nitrogens is 1. The van der Waals surface area contributed by atoms with Gasteiger partial charge in [0, 0.05) is 51.5 Å². The summed E-state index contributed by atoms with van der Waals surface area (Å²) in [5, 5.41) is 6.15. The molecule has 7 nitrogen and oxygen atoms in total. The van der Waals surface area contributed by atoms with Gasteiger partial charge in [0.2, 0.25) is 5.91 Å². The first-order valence-corrected chi connectivity index (χ1v) is 14.2. The lowest BCUT2D eigenvalue weighted by Gasteiger charge is -2.28. The van der Waals surface area contributed by atoms with Crippen molar-refractivity contribution in [1.29, 1.82) is 0 Å². The van der Waals surface area contributed by atoms with Gasteiger partial charge in [-0.2, -0.15) is 0 Å². The fraction of sp³-hybridized carbons (Fsp3) is 0.645. The Balaban J connectivity index is 0.00000255. The average Bonchev–Trinajstić information content (AvgIpc) is 2.92. The van der Waals surface area contributed by atoms with Crippen LogP contribution in [-0.4, -0.2) is 72.8 Å². The highest BCUT2D eigenvalue weighted by molar-refractivity contribution is 5.77. The molecule has 0 spiro atoms. The molecule has 1 aliphatic heterocycles. The smallest absolute Gasteiger partial charge is 0.217 e. The predicted octanol–water partition coefficient (Wildman–Crippen LogP) is 5.07. The number of nitrogens with zero attached hydrogens (tertiary/aromatic N) is 3. The Hall–Kier alpha value is -2.85. The van der Waals surface area contributed by atoms with Crippen molar-refractivity contribution in [2.45, 2.75) is 92.0 Å². The van der Waals surface area contributed by atoms with Gasteiger partial charge in [-0.05, 0) is 70.0 Å². The molecule has 1 aliphatic rings. The number of hydrogen-bond acceptors (Lipinski definition) is 6. The Morgan fingerprint density at radius 1 is 1.13 bits per heavy atom. The fourth-order valence-electron chi connectivity index (χ4n) is 4.16. The first-order chi connectivity index (χ1) is 18.3. The lowest BCUT2D eigenvalue weighted by atomic mass is 10.1. The van der Waals surface area contributed by atoms with E-state index in [0.29, 0.717) is 6.42 Å². The van der Waals surface area contributed by atoms with Crippen LogP contribution in [0, 0.1) is 12.8 Å². The van der Waals surface area contributed by atoms with Crippen molar-refractivity contribution in [3.8, 4) is 12.8 Å². The Kier molecular flexibility index (Phi) is 20.5. The monoisotopic (exact) mass is 527 g/mol. The van der Waals surface area contributed by atoms with Crippen molar-refractivity contribution < 1.29 is 9.59 Å². The quantitative estimate of drug-likeness (QED) is 0.188. The van der Waals surface area contributed by atoms with Crippen LogP contribution in [0.4, 0.5) is 5.82 Å². The number of fused-ring (bicyclic) bond motifs is 1. The van der Waals surface area contributed by atoms with Gasteiger partial charge >= 0.3 is 0 Å². The zero-order valence-corrected chi connectivity index (χ0v) is 24.9. The average molecular weight is 528 g/mol. The van der Waals surface area contributed by atoms with Gasteiger partial charge < -0.3 is 25.2 Å². The van der Waals surface area contributed by atoms with Crippen LogP contribution in [0.1, 0.15) is 84.4 Å². The molecule has 2 rings (SSSR count). The van der Waals surface area contributed by atoms with E-state index in [2.05, 4.69) is 86.2 Å². The normalized spacial score (nSPS) is 13.0. The molecule has 214 valence electrons. The van der Waals surface area contributed by atoms with E-state index in [0.717, 1.165) is 82.6 Å². The number of hydrogen-bond donors (Lipinski definition) is 2. The predicted molar refractivity (Wildman–Crippen MR) is 161 cm³/mol.